The first kappa shape index (κ1) is 9.21. The molecule has 0 radical (unpaired) electrons. The molecule has 15 heavy (non-hydrogen) atoms. The predicted molar refractivity (Wildman–Crippen MR) is 57.7 cm³/mol. The third kappa shape index (κ3) is 1.63. The lowest BCUT2D eigenvalue weighted by atomic mass is 9.99. The minimum absolute atomic E-state index is 0.416. The molecule has 1 aromatic heterocycles. The van der Waals surface area contributed by atoms with E-state index in [4.69, 9.17) is 10.5 Å². The maximum absolute atomic E-state index is 6.12. The maximum Gasteiger partial charge on any atom is 0.127 e. The maximum atomic E-state index is 6.12. The molecule has 1 saturated carbocycles. The van der Waals surface area contributed by atoms with Crippen molar-refractivity contribution in [3.63, 3.8) is 0 Å². The Morgan fingerprint density at radius 1 is 1.40 bits per heavy atom. The quantitative estimate of drug-likeness (QED) is 0.803. The van der Waals surface area contributed by atoms with Crippen molar-refractivity contribution in [3.8, 4) is 0 Å². The molecule has 0 aromatic carbocycles. The zero-order valence-electron chi connectivity index (χ0n) is 8.85. The van der Waals surface area contributed by atoms with Gasteiger partial charge < -0.3 is 15.0 Å². The molecule has 1 aromatic rings. The van der Waals surface area contributed by atoms with Crippen LogP contribution < -0.4 is 5.73 Å². The van der Waals surface area contributed by atoms with Gasteiger partial charge in [0.05, 0.1) is 18.6 Å². The summed E-state index contributed by atoms with van der Waals surface area (Å²) in [6.07, 6.45) is 6.69. The molecule has 0 bridgehead atoms. The van der Waals surface area contributed by atoms with Crippen molar-refractivity contribution in [2.24, 2.45) is 0 Å². The monoisotopic (exact) mass is 207 g/mol. The Hall–Kier alpha value is -1.03. The number of nitrogens with two attached hydrogens (primary N) is 1. The number of rotatable bonds is 2. The van der Waals surface area contributed by atoms with Crippen molar-refractivity contribution in [2.75, 3.05) is 18.9 Å². The summed E-state index contributed by atoms with van der Waals surface area (Å²) in [5.41, 5.74) is 7.18. The number of nitrogen functional groups attached to an aromatic ring is 1. The van der Waals surface area contributed by atoms with E-state index in [1.807, 2.05) is 6.33 Å². The molecule has 4 heteroatoms. The fraction of sp³-hybridized carbons (Fsp3) is 0.727. The number of nitrogens with zero attached hydrogens (tertiary/aromatic N) is 2. The van der Waals surface area contributed by atoms with Crippen LogP contribution in [0, 0.1) is 0 Å². The average molecular weight is 207 g/mol. The van der Waals surface area contributed by atoms with Crippen LogP contribution in [0.2, 0.25) is 0 Å². The van der Waals surface area contributed by atoms with E-state index < -0.39 is 0 Å². The summed E-state index contributed by atoms with van der Waals surface area (Å²) in [5.74, 6) is 1.28. The molecule has 1 saturated heterocycles. The van der Waals surface area contributed by atoms with E-state index in [0.29, 0.717) is 12.0 Å². The number of hydrogen-bond acceptors (Lipinski definition) is 3. The Bertz CT molecular complexity index is 351. The molecule has 2 aliphatic rings. The van der Waals surface area contributed by atoms with Crippen LogP contribution in [0.4, 0.5) is 5.82 Å². The highest BCUT2D eigenvalue weighted by Gasteiger charge is 2.28. The number of aromatic nitrogens is 2. The second-order valence-corrected chi connectivity index (χ2v) is 4.57. The zero-order valence-corrected chi connectivity index (χ0v) is 8.85. The molecule has 1 unspecified atom stereocenters. The summed E-state index contributed by atoms with van der Waals surface area (Å²) >= 11 is 0. The van der Waals surface area contributed by atoms with Crippen molar-refractivity contribution in [3.05, 3.63) is 12.0 Å². The van der Waals surface area contributed by atoms with E-state index in [2.05, 4.69) is 9.55 Å². The number of ether oxygens (including phenoxy) is 1. The lowest BCUT2D eigenvalue weighted by Gasteiger charge is -2.21. The lowest BCUT2D eigenvalue weighted by Crippen LogP contribution is -2.17. The highest BCUT2D eigenvalue weighted by atomic mass is 16.5. The molecule has 1 aliphatic heterocycles. The molecule has 4 nitrogen and oxygen atoms in total. The number of imidazole rings is 1. The van der Waals surface area contributed by atoms with Crippen LogP contribution in [-0.2, 0) is 4.74 Å². The Kier molecular flexibility index (Phi) is 2.16. The van der Waals surface area contributed by atoms with Gasteiger partial charge >= 0.3 is 0 Å². The van der Waals surface area contributed by atoms with E-state index in [0.717, 1.165) is 37.6 Å². The van der Waals surface area contributed by atoms with Crippen LogP contribution in [0.15, 0.2) is 6.33 Å². The van der Waals surface area contributed by atoms with Gasteiger partial charge in [-0.25, -0.2) is 4.98 Å². The fourth-order valence-corrected chi connectivity index (χ4v) is 2.30. The lowest BCUT2D eigenvalue weighted by molar-refractivity contribution is 0.0796. The summed E-state index contributed by atoms with van der Waals surface area (Å²) < 4.78 is 7.60. The van der Waals surface area contributed by atoms with Gasteiger partial charge in [-0.15, -0.1) is 0 Å². The molecular formula is C11H17N3O. The van der Waals surface area contributed by atoms with E-state index in [1.54, 1.807) is 0 Å². The van der Waals surface area contributed by atoms with Gasteiger partial charge in [0.15, 0.2) is 0 Å². The predicted octanol–water partition coefficient (Wildman–Crippen LogP) is 1.69. The van der Waals surface area contributed by atoms with Crippen molar-refractivity contribution in [1.29, 1.82) is 0 Å². The highest BCUT2D eigenvalue weighted by molar-refractivity contribution is 5.39. The van der Waals surface area contributed by atoms with Crippen LogP contribution >= 0.6 is 0 Å². The Labute approximate surface area is 89.4 Å². The topological polar surface area (TPSA) is 53.1 Å². The third-order valence-electron chi connectivity index (χ3n) is 3.35. The van der Waals surface area contributed by atoms with E-state index in [9.17, 15) is 0 Å². The minimum Gasteiger partial charge on any atom is -0.384 e. The van der Waals surface area contributed by atoms with Gasteiger partial charge in [0.1, 0.15) is 5.82 Å². The van der Waals surface area contributed by atoms with Gasteiger partial charge in [0, 0.05) is 18.6 Å². The Morgan fingerprint density at radius 2 is 2.27 bits per heavy atom. The van der Waals surface area contributed by atoms with Gasteiger partial charge in [-0.1, -0.05) is 0 Å². The second kappa shape index (κ2) is 3.52. The summed E-state index contributed by atoms with van der Waals surface area (Å²) in [4.78, 5) is 4.46. The van der Waals surface area contributed by atoms with Crippen molar-refractivity contribution in [2.45, 2.75) is 37.6 Å². The van der Waals surface area contributed by atoms with Crippen molar-refractivity contribution in [1.82, 2.24) is 9.55 Å². The third-order valence-corrected chi connectivity index (χ3v) is 3.35. The molecule has 2 N–H and O–H groups in total. The first-order valence-electron chi connectivity index (χ1n) is 5.76. The molecule has 0 spiro atoms. The standard InChI is InChI=1S/C11H17N3O/c12-11-10(8-2-1-5-15-6-8)13-7-14(11)9-3-4-9/h7-9H,1-6,12H2. The molecule has 2 heterocycles. The highest BCUT2D eigenvalue weighted by Crippen LogP contribution is 2.39. The van der Waals surface area contributed by atoms with Gasteiger partial charge in [0.25, 0.3) is 0 Å². The van der Waals surface area contributed by atoms with E-state index in [1.165, 1.54) is 12.8 Å². The largest absolute Gasteiger partial charge is 0.384 e. The van der Waals surface area contributed by atoms with Gasteiger partial charge in [-0.2, -0.15) is 0 Å². The second-order valence-electron chi connectivity index (χ2n) is 4.57. The first-order valence-corrected chi connectivity index (χ1v) is 5.76. The van der Waals surface area contributed by atoms with E-state index >= 15 is 0 Å². The average Bonchev–Trinajstić information content (AvgIpc) is 3.04. The summed E-state index contributed by atoms with van der Waals surface area (Å²) in [6.45, 7) is 1.67. The molecule has 3 rings (SSSR count). The normalized spacial score (nSPS) is 26.8. The molecule has 1 aliphatic carbocycles. The summed E-state index contributed by atoms with van der Waals surface area (Å²) in [5, 5.41) is 0. The van der Waals surface area contributed by atoms with Crippen LogP contribution in [0.3, 0.4) is 0 Å². The summed E-state index contributed by atoms with van der Waals surface area (Å²) in [7, 11) is 0. The molecule has 2 fully saturated rings. The SMILES string of the molecule is Nc1c(C2CCCOC2)ncn1C1CC1. The molecule has 0 amide bonds. The molecular weight excluding hydrogens is 190 g/mol. The van der Waals surface area contributed by atoms with E-state index in [-0.39, 0.29) is 0 Å². The van der Waals surface area contributed by atoms with Crippen LogP contribution in [-0.4, -0.2) is 22.8 Å². The summed E-state index contributed by atoms with van der Waals surface area (Å²) in [6, 6.07) is 0.621. The molecule has 1 atom stereocenters. The molecule has 82 valence electrons. The number of anilines is 1. The fourth-order valence-electron chi connectivity index (χ4n) is 2.30. The van der Waals surface area contributed by atoms with Crippen molar-refractivity contribution >= 4 is 5.82 Å². The van der Waals surface area contributed by atoms with Crippen LogP contribution in [0.5, 0.6) is 0 Å². The van der Waals surface area contributed by atoms with Gasteiger partial charge in [-0.05, 0) is 25.7 Å². The smallest absolute Gasteiger partial charge is 0.127 e. The Balaban J connectivity index is 1.83. The van der Waals surface area contributed by atoms with Crippen LogP contribution in [0.25, 0.3) is 0 Å². The van der Waals surface area contributed by atoms with Gasteiger partial charge in [0.2, 0.25) is 0 Å². The Morgan fingerprint density at radius 3 is 2.93 bits per heavy atom. The van der Waals surface area contributed by atoms with Crippen molar-refractivity contribution < 1.29 is 4.74 Å². The number of hydrogen-bond donors (Lipinski definition) is 1. The zero-order chi connectivity index (χ0) is 10.3. The minimum atomic E-state index is 0.416. The first-order chi connectivity index (χ1) is 7.36. The van der Waals surface area contributed by atoms with Gasteiger partial charge in [-0.3, -0.25) is 0 Å². The van der Waals surface area contributed by atoms with Crippen LogP contribution in [0.1, 0.15) is 43.3 Å².